The molecule has 0 amide bonds. The molecule has 2 nitrogen and oxygen atoms in total. The Kier molecular flexibility index (Phi) is 4.25. The lowest BCUT2D eigenvalue weighted by Gasteiger charge is -2.25. The molecule has 3 rings (SSSR count). The van der Waals surface area contributed by atoms with Gasteiger partial charge in [0.25, 0.3) is 0 Å². The van der Waals surface area contributed by atoms with E-state index in [9.17, 15) is 0 Å². The second-order valence-electron chi connectivity index (χ2n) is 6.16. The van der Waals surface area contributed by atoms with Crippen LogP contribution in [0.3, 0.4) is 0 Å². The number of nitrogens with zero attached hydrogens (tertiary/aromatic N) is 1. The van der Waals surface area contributed by atoms with Crippen LogP contribution in [-0.2, 0) is 6.54 Å². The van der Waals surface area contributed by atoms with Gasteiger partial charge in [0.1, 0.15) is 0 Å². The summed E-state index contributed by atoms with van der Waals surface area (Å²) in [5.74, 6) is 1.89. The van der Waals surface area contributed by atoms with E-state index in [-0.39, 0.29) is 0 Å². The third-order valence-electron chi connectivity index (χ3n) is 4.78. The first-order valence-electron chi connectivity index (χ1n) is 7.39. The fourth-order valence-electron chi connectivity index (χ4n) is 3.82. The molecule has 1 aliphatic heterocycles. The zero-order valence-electron chi connectivity index (χ0n) is 11.6. The fraction of sp³-hybridized carbons (Fsp3) is 0.625. The number of nitrogens with one attached hydrogen (secondary N) is 1. The molecule has 1 aliphatic carbocycles. The number of hydrogen-bond acceptors (Lipinski definition) is 2. The number of rotatable bonds is 4. The first kappa shape index (κ1) is 13.6. The van der Waals surface area contributed by atoms with Crippen LogP contribution in [0.2, 0.25) is 0 Å². The Morgan fingerprint density at radius 2 is 2.16 bits per heavy atom. The van der Waals surface area contributed by atoms with E-state index in [0.717, 1.165) is 18.4 Å². The summed E-state index contributed by atoms with van der Waals surface area (Å²) in [6, 6.07) is 9.25. The zero-order chi connectivity index (χ0) is 13.2. The standard InChI is InChI=1S/C16H23BrN2/c1-19(10-13-5-2-3-8-15(13)17)11-16-14-7-4-6-12(14)9-18-16/h2-3,5,8,12,14,16,18H,4,6-7,9-11H2,1H3. The first-order valence-corrected chi connectivity index (χ1v) is 8.18. The molecule has 0 radical (unpaired) electrons. The van der Waals surface area contributed by atoms with Crippen molar-refractivity contribution in [2.45, 2.75) is 31.8 Å². The molecule has 1 aromatic carbocycles. The molecule has 0 spiro atoms. The molecule has 1 saturated carbocycles. The summed E-state index contributed by atoms with van der Waals surface area (Å²) in [5.41, 5.74) is 1.38. The van der Waals surface area contributed by atoms with Crippen LogP contribution in [-0.4, -0.2) is 31.1 Å². The molecular weight excluding hydrogens is 300 g/mol. The van der Waals surface area contributed by atoms with Crippen LogP contribution in [0.25, 0.3) is 0 Å². The molecule has 3 atom stereocenters. The third-order valence-corrected chi connectivity index (χ3v) is 5.56. The van der Waals surface area contributed by atoms with Gasteiger partial charge in [-0.1, -0.05) is 40.5 Å². The van der Waals surface area contributed by atoms with E-state index in [1.807, 2.05) is 0 Å². The van der Waals surface area contributed by atoms with Gasteiger partial charge < -0.3 is 10.2 Å². The Morgan fingerprint density at radius 1 is 1.32 bits per heavy atom. The van der Waals surface area contributed by atoms with Crippen molar-refractivity contribution in [3.63, 3.8) is 0 Å². The van der Waals surface area contributed by atoms with Gasteiger partial charge in [0.15, 0.2) is 0 Å². The molecule has 2 aliphatic rings. The summed E-state index contributed by atoms with van der Waals surface area (Å²) >= 11 is 3.64. The van der Waals surface area contributed by atoms with Gasteiger partial charge in [-0.25, -0.2) is 0 Å². The Balaban J connectivity index is 1.57. The Labute approximate surface area is 124 Å². The maximum absolute atomic E-state index is 3.74. The number of benzene rings is 1. The number of fused-ring (bicyclic) bond motifs is 1. The van der Waals surface area contributed by atoms with Gasteiger partial charge in [0, 0.05) is 23.6 Å². The van der Waals surface area contributed by atoms with Crippen LogP contribution in [0.15, 0.2) is 28.7 Å². The molecule has 3 heteroatoms. The molecule has 1 heterocycles. The van der Waals surface area contributed by atoms with Crippen LogP contribution < -0.4 is 5.32 Å². The van der Waals surface area contributed by atoms with Crippen molar-refractivity contribution in [3.05, 3.63) is 34.3 Å². The zero-order valence-corrected chi connectivity index (χ0v) is 13.2. The smallest absolute Gasteiger partial charge is 0.0242 e. The summed E-state index contributed by atoms with van der Waals surface area (Å²) in [6.45, 7) is 3.44. The van der Waals surface area contributed by atoms with Crippen molar-refractivity contribution >= 4 is 15.9 Å². The topological polar surface area (TPSA) is 15.3 Å². The minimum Gasteiger partial charge on any atom is -0.312 e. The lowest BCUT2D eigenvalue weighted by atomic mass is 9.94. The summed E-state index contributed by atoms with van der Waals surface area (Å²) in [4.78, 5) is 2.46. The predicted octanol–water partition coefficient (Wildman–Crippen LogP) is 3.27. The Morgan fingerprint density at radius 3 is 3.00 bits per heavy atom. The summed E-state index contributed by atoms with van der Waals surface area (Å²) < 4.78 is 1.22. The SMILES string of the molecule is CN(Cc1ccccc1Br)CC1NCC2CCCC21. The molecule has 19 heavy (non-hydrogen) atoms. The van der Waals surface area contributed by atoms with Gasteiger partial charge in [-0.2, -0.15) is 0 Å². The van der Waals surface area contributed by atoms with Crippen molar-refractivity contribution in [3.8, 4) is 0 Å². The lowest BCUT2D eigenvalue weighted by Crippen LogP contribution is -2.38. The van der Waals surface area contributed by atoms with E-state index in [4.69, 9.17) is 0 Å². The second kappa shape index (κ2) is 5.94. The van der Waals surface area contributed by atoms with Gasteiger partial charge in [0.05, 0.1) is 0 Å². The van der Waals surface area contributed by atoms with E-state index in [0.29, 0.717) is 6.04 Å². The van der Waals surface area contributed by atoms with Crippen LogP contribution >= 0.6 is 15.9 Å². The molecule has 0 bridgehead atoms. The van der Waals surface area contributed by atoms with Gasteiger partial charge in [-0.05, 0) is 49.9 Å². The molecule has 0 aromatic heterocycles. The highest BCUT2D eigenvalue weighted by atomic mass is 79.9. The molecule has 2 fully saturated rings. The molecule has 3 unspecified atom stereocenters. The Bertz CT molecular complexity index is 435. The molecule has 104 valence electrons. The lowest BCUT2D eigenvalue weighted by molar-refractivity contribution is 0.259. The predicted molar refractivity (Wildman–Crippen MR) is 83.1 cm³/mol. The van der Waals surface area contributed by atoms with E-state index in [2.05, 4.69) is 57.5 Å². The summed E-state index contributed by atoms with van der Waals surface area (Å²) in [7, 11) is 2.24. The van der Waals surface area contributed by atoms with E-state index in [1.54, 1.807) is 0 Å². The summed E-state index contributed by atoms with van der Waals surface area (Å²) in [5, 5.41) is 3.74. The van der Waals surface area contributed by atoms with Crippen LogP contribution in [0.1, 0.15) is 24.8 Å². The van der Waals surface area contributed by atoms with Gasteiger partial charge >= 0.3 is 0 Å². The Hall–Kier alpha value is -0.380. The minimum atomic E-state index is 0.708. The van der Waals surface area contributed by atoms with Crippen LogP contribution in [0, 0.1) is 11.8 Å². The first-order chi connectivity index (χ1) is 9.24. The highest BCUT2D eigenvalue weighted by Crippen LogP contribution is 2.37. The number of hydrogen-bond donors (Lipinski definition) is 1. The van der Waals surface area contributed by atoms with Gasteiger partial charge in [-0.15, -0.1) is 0 Å². The van der Waals surface area contributed by atoms with Crippen LogP contribution in [0.5, 0.6) is 0 Å². The minimum absolute atomic E-state index is 0.708. The average Bonchev–Trinajstić information content (AvgIpc) is 2.97. The van der Waals surface area contributed by atoms with Crippen molar-refractivity contribution in [1.29, 1.82) is 0 Å². The molecule has 1 saturated heterocycles. The molecular formula is C16H23BrN2. The molecule has 1 N–H and O–H groups in total. The van der Waals surface area contributed by atoms with Crippen molar-refractivity contribution in [1.82, 2.24) is 10.2 Å². The van der Waals surface area contributed by atoms with Crippen molar-refractivity contribution in [2.24, 2.45) is 11.8 Å². The van der Waals surface area contributed by atoms with Gasteiger partial charge in [0.2, 0.25) is 0 Å². The quantitative estimate of drug-likeness (QED) is 0.915. The number of halogens is 1. The third kappa shape index (κ3) is 3.04. The number of likely N-dealkylation sites (N-methyl/N-ethyl adjacent to an activating group) is 1. The highest BCUT2D eigenvalue weighted by molar-refractivity contribution is 9.10. The van der Waals surface area contributed by atoms with E-state index in [1.165, 1.54) is 42.4 Å². The normalized spacial score (nSPS) is 29.9. The largest absolute Gasteiger partial charge is 0.312 e. The van der Waals surface area contributed by atoms with E-state index < -0.39 is 0 Å². The van der Waals surface area contributed by atoms with E-state index >= 15 is 0 Å². The maximum atomic E-state index is 3.74. The van der Waals surface area contributed by atoms with Crippen molar-refractivity contribution in [2.75, 3.05) is 20.1 Å². The van der Waals surface area contributed by atoms with Gasteiger partial charge in [-0.3, -0.25) is 0 Å². The van der Waals surface area contributed by atoms with Crippen LogP contribution in [0.4, 0.5) is 0 Å². The highest BCUT2D eigenvalue weighted by Gasteiger charge is 2.38. The average molecular weight is 323 g/mol. The second-order valence-corrected chi connectivity index (χ2v) is 7.01. The fourth-order valence-corrected chi connectivity index (χ4v) is 4.23. The monoisotopic (exact) mass is 322 g/mol. The van der Waals surface area contributed by atoms with Crippen molar-refractivity contribution < 1.29 is 0 Å². The maximum Gasteiger partial charge on any atom is 0.0242 e. The molecule has 1 aromatic rings. The summed E-state index contributed by atoms with van der Waals surface area (Å²) in [6.07, 6.45) is 4.33.